The number of ether oxygens (including phenoxy) is 1. The number of nitrogen functional groups attached to an aromatic ring is 1. The fourth-order valence-corrected chi connectivity index (χ4v) is 4.35. The molecule has 0 bridgehead atoms. The first-order valence-corrected chi connectivity index (χ1v) is 12.1. The molecule has 0 atom stereocenters. The number of hydrogen-bond donors (Lipinski definition) is 3. The molecule has 4 heterocycles. The van der Waals surface area contributed by atoms with Gasteiger partial charge in [-0.25, -0.2) is 14.4 Å². The molecule has 4 N–H and O–H groups in total. The lowest BCUT2D eigenvalue weighted by atomic mass is 10.0. The fourth-order valence-electron chi connectivity index (χ4n) is 4.35. The standard InChI is InChI=1S/C28H25FN8O/c1-37(2)8-9-38-20-12-16(10-18(29)13-20)21-4-3-5-23-25(21)34-28(33-23)27-26-24(35-36-27)7-6-22(32-26)17-11-19(30)15-31-14-17/h3-7,10-15H,8-9,30H2,1-2H3,(H,33,34)(H,35,36). The third-order valence-corrected chi connectivity index (χ3v) is 6.19. The second kappa shape index (κ2) is 9.56. The lowest BCUT2D eigenvalue weighted by molar-refractivity contribution is 0.260. The van der Waals surface area contributed by atoms with E-state index in [-0.39, 0.29) is 5.82 Å². The number of para-hydroxylation sites is 1. The Bertz CT molecular complexity index is 1770. The number of anilines is 1. The van der Waals surface area contributed by atoms with Crippen LogP contribution in [-0.4, -0.2) is 62.3 Å². The van der Waals surface area contributed by atoms with Crippen molar-refractivity contribution >= 4 is 27.8 Å². The van der Waals surface area contributed by atoms with E-state index in [2.05, 4.69) is 20.2 Å². The van der Waals surface area contributed by atoms with Gasteiger partial charge in [0.25, 0.3) is 0 Å². The minimum absolute atomic E-state index is 0.374. The highest BCUT2D eigenvalue weighted by molar-refractivity contribution is 5.96. The van der Waals surface area contributed by atoms with Gasteiger partial charge in [-0.3, -0.25) is 10.1 Å². The lowest BCUT2D eigenvalue weighted by Crippen LogP contribution is -2.19. The maximum atomic E-state index is 14.6. The van der Waals surface area contributed by atoms with Gasteiger partial charge < -0.3 is 20.4 Å². The van der Waals surface area contributed by atoms with E-state index in [0.717, 1.165) is 34.4 Å². The van der Waals surface area contributed by atoms with Gasteiger partial charge in [0.05, 0.1) is 27.9 Å². The van der Waals surface area contributed by atoms with Crippen molar-refractivity contribution in [3.8, 4) is 39.7 Å². The maximum Gasteiger partial charge on any atom is 0.161 e. The molecule has 4 aromatic heterocycles. The number of halogens is 1. The zero-order chi connectivity index (χ0) is 26.2. The molecule has 0 aliphatic heterocycles. The number of imidazole rings is 1. The Morgan fingerprint density at radius 2 is 1.84 bits per heavy atom. The molecular weight excluding hydrogens is 483 g/mol. The molecule has 0 radical (unpaired) electrons. The number of benzene rings is 2. The molecule has 6 rings (SSSR count). The Labute approximate surface area is 217 Å². The van der Waals surface area contributed by atoms with Crippen molar-refractivity contribution in [3.63, 3.8) is 0 Å². The quantitative estimate of drug-likeness (QED) is 0.281. The van der Waals surface area contributed by atoms with E-state index in [9.17, 15) is 4.39 Å². The molecule has 2 aromatic carbocycles. The third kappa shape index (κ3) is 4.53. The number of nitrogens with one attached hydrogen (secondary N) is 2. The van der Waals surface area contributed by atoms with Gasteiger partial charge >= 0.3 is 0 Å². The lowest BCUT2D eigenvalue weighted by Gasteiger charge is -2.12. The Morgan fingerprint density at radius 1 is 0.947 bits per heavy atom. The largest absolute Gasteiger partial charge is 0.492 e. The highest BCUT2D eigenvalue weighted by Crippen LogP contribution is 2.33. The van der Waals surface area contributed by atoms with Crippen molar-refractivity contribution in [2.75, 3.05) is 33.0 Å². The number of fused-ring (bicyclic) bond motifs is 2. The maximum absolute atomic E-state index is 14.6. The smallest absolute Gasteiger partial charge is 0.161 e. The van der Waals surface area contributed by atoms with Crippen molar-refractivity contribution in [1.82, 2.24) is 35.0 Å². The molecule has 0 saturated carbocycles. The molecule has 38 heavy (non-hydrogen) atoms. The average molecular weight is 509 g/mol. The Morgan fingerprint density at radius 3 is 2.68 bits per heavy atom. The minimum Gasteiger partial charge on any atom is -0.492 e. The van der Waals surface area contributed by atoms with Gasteiger partial charge in [0.2, 0.25) is 0 Å². The number of nitrogens with zero attached hydrogens (tertiary/aromatic N) is 5. The van der Waals surface area contributed by atoms with E-state index < -0.39 is 0 Å². The molecule has 0 spiro atoms. The number of aromatic nitrogens is 6. The molecule has 9 nitrogen and oxygen atoms in total. The number of hydrogen-bond acceptors (Lipinski definition) is 7. The van der Waals surface area contributed by atoms with Crippen LogP contribution >= 0.6 is 0 Å². The summed E-state index contributed by atoms with van der Waals surface area (Å²) in [6.07, 6.45) is 3.31. The van der Waals surface area contributed by atoms with Crippen LogP contribution < -0.4 is 10.5 Å². The Balaban J connectivity index is 1.40. The number of rotatable bonds is 7. The van der Waals surface area contributed by atoms with E-state index >= 15 is 0 Å². The summed E-state index contributed by atoms with van der Waals surface area (Å²) in [5.41, 5.74) is 13.0. The van der Waals surface area contributed by atoms with E-state index in [0.29, 0.717) is 46.2 Å². The van der Waals surface area contributed by atoms with Crippen LogP contribution in [0.4, 0.5) is 10.1 Å². The van der Waals surface area contributed by atoms with Crippen LogP contribution in [0.2, 0.25) is 0 Å². The van der Waals surface area contributed by atoms with Crippen molar-refractivity contribution < 1.29 is 9.13 Å². The second-order valence-corrected chi connectivity index (χ2v) is 9.29. The molecule has 0 aliphatic rings. The van der Waals surface area contributed by atoms with Gasteiger partial charge in [-0.05, 0) is 56.1 Å². The van der Waals surface area contributed by atoms with Gasteiger partial charge in [0.15, 0.2) is 11.5 Å². The van der Waals surface area contributed by atoms with Gasteiger partial charge in [0, 0.05) is 36.1 Å². The topological polar surface area (TPSA) is 122 Å². The summed E-state index contributed by atoms with van der Waals surface area (Å²) in [7, 11) is 3.92. The summed E-state index contributed by atoms with van der Waals surface area (Å²) < 4.78 is 20.3. The molecule has 0 unspecified atom stereocenters. The number of pyridine rings is 2. The van der Waals surface area contributed by atoms with Crippen LogP contribution in [-0.2, 0) is 0 Å². The van der Waals surface area contributed by atoms with Crippen LogP contribution in [0.3, 0.4) is 0 Å². The molecular formula is C28H25FN8O. The van der Waals surface area contributed by atoms with Gasteiger partial charge in [-0.1, -0.05) is 12.1 Å². The van der Waals surface area contributed by atoms with E-state index in [1.807, 2.05) is 61.5 Å². The van der Waals surface area contributed by atoms with Crippen LogP contribution in [0, 0.1) is 5.82 Å². The Hall–Kier alpha value is -4.83. The summed E-state index contributed by atoms with van der Waals surface area (Å²) in [5.74, 6) is 0.648. The van der Waals surface area contributed by atoms with E-state index in [4.69, 9.17) is 20.4 Å². The van der Waals surface area contributed by atoms with Gasteiger partial charge in [-0.15, -0.1) is 0 Å². The molecule has 0 fully saturated rings. The van der Waals surface area contributed by atoms with E-state index in [1.54, 1.807) is 12.4 Å². The van der Waals surface area contributed by atoms with Crippen molar-refractivity contribution in [1.29, 1.82) is 0 Å². The summed E-state index contributed by atoms with van der Waals surface area (Å²) in [6, 6.07) is 16.1. The summed E-state index contributed by atoms with van der Waals surface area (Å²) >= 11 is 0. The first kappa shape index (κ1) is 23.6. The SMILES string of the molecule is CN(C)CCOc1cc(F)cc(-c2cccc3[nH]c(-c4n[nH]c5ccc(-c6cncc(N)c6)nc45)nc23)c1. The predicted molar refractivity (Wildman–Crippen MR) is 146 cm³/mol. The number of nitrogens with two attached hydrogens (primary N) is 1. The highest BCUT2D eigenvalue weighted by atomic mass is 19.1. The minimum atomic E-state index is -0.374. The number of aromatic amines is 2. The van der Waals surface area contributed by atoms with Gasteiger partial charge in [-0.2, -0.15) is 5.10 Å². The van der Waals surface area contributed by atoms with Crippen LogP contribution in [0.15, 0.2) is 67.0 Å². The summed E-state index contributed by atoms with van der Waals surface area (Å²) in [6.45, 7) is 1.19. The van der Waals surface area contributed by atoms with Crippen molar-refractivity contribution in [3.05, 3.63) is 72.8 Å². The summed E-state index contributed by atoms with van der Waals surface area (Å²) in [4.78, 5) is 19.2. The number of likely N-dealkylation sites (N-methyl/N-ethyl adjacent to an activating group) is 1. The average Bonchev–Trinajstić information content (AvgIpc) is 3.51. The third-order valence-electron chi connectivity index (χ3n) is 6.19. The fraction of sp³-hybridized carbons (Fsp3) is 0.143. The van der Waals surface area contributed by atoms with Crippen LogP contribution in [0.5, 0.6) is 5.75 Å². The Kier molecular flexibility index (Phi) is 5.93. The molecule has 190 valence electrons. The predicted octanol–water partition coefficient (Wildman–Crippen LogP) is 4.89. The van der Waals surface area contributed by atoms with Crippen molar-refractivity contribution in [2.24, 2.45) is 0 Å². The summed E-state index contributed by atoms with van der Waals surface area (Å²) in [5, 5.41) is 7.51. The first-order valence-electron chi connectivity index (χ1n) is 12.1. The zero-order valence-corrected chi connectivity index (χ0v) is 20.9. The normalized spacial score (nSPS) is 11.6. The highest BCUT2D eigenvalue weighted by Gasteiger charge is 2.17. The second-order valence-electron chi connectivity index (χ2n) is 9.29. The molecule has 0 amide bonds. The molecule has 0 aliphatic carbocycles. The number of H-pyrrole nitrogens is 2. The van der Waals surface area contributed by atoms with Crippen molar-refractivity contribution in [2.45, 2.75) is 0 Å². The van der Waals surface area contributed by atoms with Gasteiger partial charge in [0.1, 0.15) is 23.7 Å². The first-order chi connectivity index (χ1) is 18.4. The molecule has 0 saturated heterocycles. The molecule has 6 aromatic rings. The zero-order valence-electron chi connectivity index (χ0n) is 20.9. The molecule has 10 heteroatoms. The van der Waals surface area contributed by atoms with E-state index in [1.165, 1.54) is 12.1 Å². The van der Waals surface area contributed by atoms with Crippen LogP contribution in [0.25, 0.3) is 56.0 Å². The monoisotopic (exact) mass is 508 g/mol. The van der Waals surface area contributed by atoms with Crippen LogP contribution in [0.1, 0.15) is 0 Å².